The first-order valence-corrected chi connectivity index (χ1v) is 14.7. The standard InChI is InChI=1S/C34H42N2O4/c1-5-29(24-13-15-26(16-14-24)32(37)35-18-17-31-34(39)40-31)36-30(25-11-9-23(10-12-25)21(2)3)20-28(33(36)38)27-8-6-7-22(4)19-27/h6-8,13-16,19-20,25,29-31,34,39H,5,9-12,17-18H2,1-4H3,(H,35,37). The summed E-state index contributed by atoms with van der Waals surface area (Å²) in [7, 11) is 0. The number of hydrogen-bond donors (Lipinski definition) is 2. The number of epoxide rings is 1. The SMILES string of the molecule is CCC(c1ccc(C(=O)NCCC2OC2O)cc1)N1C(=O)C(c2cccc(C)c2)=CC1C1CCC(=C(C)C)CC1. The summed E-state index contributed by atoms with van der Waals surface area (Å²) in [5.74, 6) is 0.370. The van der Waals surface area contributed by atoms with E-state index in [4.69, 9.17) is 4.74 Å². The molecule has 1 aliphatic carbocycles. The van der Waals surface area contributed by atoms with Crippen molar-refractivity contribution in [1.29, 1.82) is 0 Å². The minimum atomic E-state index is -0.692. The fourth-order valence-corrected chi connectivity index (χ4v) is 6.40. The van der Waals surface area contributed by atoms with E-state index in [0.29, 0.717) is 24.4 Å². The van der Waals surface area contributed by atoms with Crippen LogP contribution in [0.5, 0.6) is 0 Å². The Kier molecular flexibility index (Phi) is 8.57. The van der Waals surface area contributed by atoms with Crippen LogP contribution >= 0.6 is 0 Å². The van der Waals surface area contributed by atoms with Gasteiger partial charge in [0.2, 0.25) is 0 Å². The van der Waals surface area contributed by atoms with Crippen molar-refractivity contribution in [2.24, 2.45) is 5.92 Å². The Hall–Kier alpha value is -3.22. The lowest BCUT2D eigenvalue weighted by atomic mass is 9.79. The Morgan fingerprint density at radius 2 is 1.82 bits per heavy atom. The fourth-order valence-electron chi connectivity index (χ4n) is 6.40. The number of nitrogens with one attached hydrogen (secondary N) is 1. The second-order valence-electron chi connectivity index (χ2n) is 11.7. The molecule has 4 atom stereocenters. The van der Waals surface area contributed by atoms with Crippen molar-refractivity contribution < 1.29 is 19.4 Å². The molecular formula is C34H42N2O4. The monoisotopic (exact) mass is 542 g/mol. The van der Waals surface area contributed by atoms with Gasteiger partial charge >= 0.3 is 0 Å². The third-order valence-corrected chi connectivity index (χ3v) is 8.83. The van der Waals surface area contributed by atoms with E-state index in [1.807, 2.05) is 36.4 Å². The lowest BCUT2D eigenvalue weighted by Crippen LogP contribution is -2.42. The van der Waals surface area contributed by atoms with Gasteiger partial charge in [-0.05, 0) is 94.5 Å². The van der Waals surface area contributed by atoms with Gasteiger partial charge in [0.05, 0.1) is 12.1 Å². The van der Waals surface area contributed by atoms with Crippen LogP contribution in [0.2, 0.25) is 0 Å². The number of carbonyl (C=O) groups excluding carboxylic acids is 2. The molecule has 6 heteroatoms. The van der Waals surface area contributed by atoms with Gasteiger partial charge in [0.15, 0.2) is 6.29 Å². The van der Waals surface area contributed by atoms with E-state index < -0.39 is 6.29 Å². The van der Waals surface area contributed by atoms with Gasteiger partial charge in [0, 0.05) is 17.7 Å². The maximum Gasteiger partial charge on any atom is 0.255 e. The molecule has 212 valence electrons. The quantitative estimate of drug-likeness (QED) is 0.296. The van der Waals surface area contributed by atoms with Gasteiger partial charge in [-0.2, -0.15) is 0 Å². The van der Waals surface area contributed by atoms with Gasteiger partial charge in [0.25, 0.3) is 11.8 Å². The molecule has 0 aromatic heterocycles. The predicted molar refractivity (Wildman–Crippen MR) is 157 cm³/mol. The molecule has 2 aliphatic heterocycles. The molecule has 0 spiro atoms. The molecule has 1 saturated carbocycles. The van der Waals surface area contributed by atoms with Gasteiger partial charge in [-0.15, -0.1) is 0 Å². The van der Waals surface area contributed by atoms with Crippen molar-refractivity contribution in [2.45, 2.75) is 90.7 Å². The van der Waals surface area contributed by atoms with Crippen LogP contribution in [0.25, 0.3) is 5.57 Å². The lowest BCUT2D eigenvalue weighted by Gasteiger charge is -2.39. The van der Waals surface area contributed by atoms with Crippen LogP contribution in [0.15, 0.2) is 65.8 Å². The first-order chi connectivity index (χ1) is 19.3. The minimum Gasteiger partial charge on any atom is -0.366 e. The summed E-state index contributed by atoms with van der Waals surface area (Å²) in [5, 5.41) is 12.2. The van der Waals surface area contributed by atoms with E-state index in [1.165, 1.54) is 5.57 Å². The average Bonchev–Trinajstić information content (AvgIpc) is 3.56. The summed E-state index contributed by atoms with van der Waals surface area (Å²) >= 11 is 0. The molecule has 40 heavy (non-hydrogen) atoms. The van der Waals surface area contributed by atoms with Gasteiger partial charge in [-0.1, -0.05) is 60.0 Å². The van der Waals surface area contributed by atoms with Crippen LogP contribution in [0.4, 0.5) is 0 Å². The number of aliphatic hydroxyl groups excluding tert-OH is 1. The third kappa shape index (κ3) is 6.08. The zero-order valence-electron chi connectivity index (χ0n) is 24.2. The predicted octanol–water partition coefficient (Wildman–Crippen LogP) is 6.10. The van der Waals surface area contributed by atoms with E-state index in [-0.39, 0.29) is 30.0 Å². The number of hydrogen-bond acceptors (Lipinski definition) is 4. The second kappa shape index (κ2) is 12.1. The Bertz CT molecular complexity index is 1300. The number of aryl methyl sites for hydroxylation is 1. The molecular weight excluding hydrogens is 500 g/mol. The molecule has 0 radical (unpaired) electrons. The number of carbonyl (C=O) groups is 2. The molecule has 1 saturated heterocycles. The Labute approximate surface area is 238 Å². The highest BCUT2D eigenvalue weighted by atomic mass is 16.7. The number of allylic oxidation sites excluding steroid dienone is 2. The average molecular weight is 543 g/mol. The van der Waals surface area contributed by atoms with Crippen molar-refractivity contribution in [3.63, 3.8) is 0 Å². The Morgan fingerprint density at radius 3 is 2.42 bits per heavy atom. The number of aliphatic hydroxyl groups is 1. The zero-order valence-corrected chi connectivity index (χ0v) is 24.2. The largest absolute Gasteiger partial charge is 0.366 e. The number of benzene rings is 2. The van der Waals surface area contributed by atoms with Gasteiger partial charge < -0.3 is 20.1 Å². The van der Waals surface area contributed by atoms with Crippen LogP contribution in [0.1, 0.15) is 92.4 Å². The topological polar surface area (TPSA) is 82.2 Å². The Morgan fingerprint density at radius 1 is 1.12 bits per heavy atom. The van der Waals surface area contributed by atoms with E-state index in [1.54, 1.807) is 5.57 Å². The summed E-state index contributed by atoms with van der Waals surface area (Å²) in [5.41, 5.74) is 7.57. The summed E-state index contributed by atoms with van der Waals surface area (Å²) in [6.45, 7) is 9.07. The zero-order chi connectivity index (χ0) is 28.4. The molecule has 3 aliphatic rings. The fraction of sp³-hybridized carbons (Fsp3) is 0.471. The number of rotatable bonds is 9. The molecule has 2 N–H and O–H groups in total. The van der Waals surface area contributed by atoms with Crippen LogP contribution in [0, 0.1) is 12.8 Å². The maximum atomic E-state index is 14.1. The molecule has 2 aromatic rings. The lowest BCUT2D eigenvalue weighted by molar-refractivity contribution is -0.129. The van der Waals surface area contributed by atoms with Gasteiger partial charge in [0.1, 0.15) is 6.10 Å². The minimum absolute atomic E-state index is 0.0506. The summed E-state index contributed by atoms with van der Waals surface area (Å²) in [6.07, 6.45) is 7.14. The number of amides is 2. The highest BCUT2D eigenvalue weighted by molar-refractivity contribution is 6.22. The molecule has 2 fully saturated rings. The van der Waals surface area contributed by atoms with E-state index in [0.717, 1.165) is 54.4 Å². The summed E-state index contributed by atoms with van der Waals surface area (Å²) in [4.78, 5) is 28.9. The summed E-state index contributed by atoms with van der Waals surface area (Å²) < 4.78 is 4.99. The number of nitrogens with zero attached hydrogens (tertiary/aromatic N) is 1. The van der Waals surface area contributed by atoms with Crippen molar-refractivity contribution in [3.8, 4) is 0 Å². The van der Waals surface area contributed by atoms with Crippen LogP contribution in [0.3, 0.4) is 0 Å². The van der Waals surface area contributed by atoms with E-state index >= 15 is 0 Å². The van der Waals surface area contributed by atoms with Crippen molar-refractivity contribution in [2.75, 3.05) is 6.54 Å². The maximum absolute atomic E-state index is 14.1. The Balaban J connectivity index is 1.37. The molecule has 2 aromatic carbocycles. The highest BCUT2D eigenvalue weighted by Crippen LogP contribution is 2.43. The third-order valence-electron chi connectivity index (χ3n) is 8.83. The molecule has 2 heterocycles. The highest BCUT2D eigenvalue weighted by Gasteiger charge is 2.42. The summed E-state index contributed by atoms with van der Waals surface area (Å²) in [6, 6.07) is 15.9. The normalized spacial score (nSPS) is 25.0. The second-order valence-corrected chi connectivity index (χ2v) is 11.7. The van der Waals surface area contributed by atoms with Crippen molar-refractivity contribution in [3.05, 3.63) is 88.0 Å². The molecule has 0 bridgehead atoms. The van der Waals surface area contributed by atoms with Crippen LogP contribution in [-0.4, -0.2) is 46.8 Å². The smallest absolute Gasteiger partial charge is 0.255 e. The van der Waals surface area contributed by atoms with E-state index in [2.05, 4.69) is 56.1 Å². The van der Waals surface area contributed by atoms with Crippen LogP contribution in [-0.2, 0) is 9.53 Å². The molecule has 2 amide bonds. The molecule has 6 nitrogen and oxygen atoms in total. The molecule has 4 unspecified atom stereocenters. The van der Waals surface area contributed by atoms with Crippen LogP contribution < -0.4 is 5.32 Å². The number of ether oxygens (including phenoxy) is 1. The first-order valence-electron chi connectivity index (χ1n) is 14.7. The molecule has 5 rings (SSSR count). The van der Waals surface area contributed by atoms with E-state index in [9.17, 15) is 14.7 Å². The van der Waals surface area contributed by atoms with Gasteiger partial charge in [-0.3, -0.25) is 9.59 Å². The van der Waals surface area contributed by atoms with Gasteiger partial charge in [-0.25, -0.2) is 0 Å². The first kappa shape index (κ1) is 28.3. The van der Waals surface area contributed by atoms with Crippen molar-refractivity contribution in [1.82, 2.24) is 10.2 Å². The van der Waals surface area contributed by atoms with Crippen molar-refractivity contribution >= 4 is 17.4 Å².